The predicted octanol–water partition coefficient (Wildman–Crippen LogP) is 4.08. The largest absolute Gasteiger partial charge is 0.497 e. The van der Waals surface area contributed by atoms with E-state index in [1.807, 2.05) is 6.92 Å². The van der Waals surface area contributed by atoms with E-state index in [0.717, 1.165) is 32.1 Å². The first kappa shape index (κ1) is 24.1. The maximum absolute atomic E-state index is 13.6. The fourth-order valence-corrected chi connectivity index (χ4v) is 5.61. The highest BCUT2D eigenvalue weighted by Gasteiger charge is 2.34. The van der Waals surface area contributed by atoms with E-state index < -0.39 is 10.0 Å². The molecule has 0 bridgehead atoms. The molecule has 32 heavy (non-hydrogen) atoms. The van der Waals surface area contributed by atoms with Gasteiger partial charge in [0.15, 0.2) is 0 Å². The van der Waals surface area contributed by atoms with Crippen LogP contribution in [0, 0.1) is 0 Å². The number of amides is 1. The second-order valence-electron chi connectivity index (χ2n) is 7.90. The molecule has 174 valence electrons. The Morgan fingerprint density at radius 3 is 2.12 bits per heavy atom. The number of likely N-dealkylation sites (N-methyl/N-ethyl adjacent to an activating group) is 1. The van der Waals surface area contributed by atoms with Crippen LogP contribution >= 0.6 is 0 Å². The number of carbonyl (C=O) groups excluding carboxylic acids is 1. The van der Waals surface area contributed by atoms with Crippen molar-refractivity contribution in [2.24, 2.45) is 0 Å². The number of hydrogen-bond donors (Lipinski definition) is 0. The van der Waals surface area contributed by atoms with Gasteiger partial charge in [-0.05, 0) is 68.3 Å². The Morgan fingerprint density at radius 2 is 1.56 bits per heavy atom. The van der Waals surface area contributed by atoms with Crippen LogP contribution in [0.15, 0.2) is 53.4 Å². The van der Waals surface area contributed by atoms with Gasteiger partial charge in [-0.2, -0.15) is 4.31 Å². The number of rotatable bonds is 9. The molecule has 2 aromatic rings. The van der Waals surface area contributed by atoms with Crippen molar-refractivity contribution in [3.63, 3.8) is 0 Å². The van der Waals surface area contributed by atoms with Crippen LogP contribution in [0.1, 0.15) is 39.0 Å². The average molecular weight is 461 g/mol. The van der Waals surface area contributed by atoms with Crippen molar-refractivity contribution in [2.75, 3.05) is 32.2 Å². The molecule has 0 radical (unpaired) electrons. The molecule has 0 aliphatic heterocycles. The van der Waals surface area contributed by atoms with Crippen LogP contribution in [-0.2, 0) is 14.8 Å². The summed E-state index contributed by atoms with van der Waals surface area (Å²) >= 11 is 0. The van der Waals surface area contributed by atoms with Gasteiger partial charge in [0, 0.05) is 18.8 Å². The van der Waals surface area contributed by atoms with Gasteiger partial charge in [-0.25, -0.2) is 8.42 Å². The Bertz CT molecular complexity index is 984. The molecular formula is C24H32N2O5S. The summed E-state index contributed by atoms with van der Waals surface area (Å²) in [6.07, 6.45) is 4.53. The number of methoxy groups -OCH3 is 1. The fraction of sp³-hybridized carbons (Fsp3) is 0.458. The second kappa shape index (κ2) is 10.8. The standard InChI is InChI=1S/C24H32N2O5S/c1-4-31-22-14-16-23(17-15-22)32(28,29)26(20-8-6-5-7-9-20)18-24(27)25(2)19-10-12-21(30-3)13-11-19/h10-17,20H,4-9,18H2,1-3H3. The van der Waals surface area contributed by atoms with Crippen LogP contribution in [0.25, 0.3) is 0 Å². The van der Waals surface area contributed by atoms with Crippen LogP contribution < -0.4 is 14.4 Å². The highest BCUT2D eigenvalue weighted by molar-refractivity contribution is 7.89. The van der Waals surface area contributed by atoms with Gasteiger partial charge in [-0.15, -0.1) is 0 Å². The van der Waals surface area contributed by atoms with Gasteiger partial charge in [0.05, 0.1) is 25.2 Å². The van der Waals surface area contributed by atoms with Gasteiger partial charge in [-0.1, -0.05) is 19.3 Å². The number of sulfonamides is 1. The number of benzene rings is 2. The number of hydrogen-bond acceptors (Lipinski definition) is 5. The third kappa shape index (κ3) is 5.61. The molecule has 0 unspecified atom stereocenters. The molecule has 0 aromatic heterocycles. The van der Waals surface area contributed by atoms with E-state index in [2.05, 4.69) is 0 Å². The van der Waals surface area contributed by atoms with E-state index in [0.29, 0.717) is 23.8 Å². The topological polar surface area (TPSA) is 76.2 Å². The Kier molecular flexibility index (Phi) is 8.15. The summed E-state index contributed by atoms with van der Waals surface area (Å²) in [7, 11) is -0.603. The number of carbonyl (C=O) groups is 1. The number of anilines is 1. The van der Waals surface area contributed by atoms with E-state index in [1.165, 1.54) is 9.21 Å². The quantitative estimate of drug-likeness (QED) is 0.564. The molecule has 0 saturated heterocycles. The van der Waals surface area contributed by atoms with E-state index in [9.17, 15) is 13.2 Å². The molecule has 1 aliphatic carbocycles. The molecule has 0 atom stereocenters. The SMILES string of the molecule is CCOc1ccc(S(=O)(=O)N(CC(=O)N(C)c2ccc(OC)cc2)C2CCCCC2)cc1. The minimum absolute atomic E-state index is 0.173. The molecular weight excluding hydrogens is 428 g/mol. The Balaban J connectivity index is 1.85. The highest BCUT2D eigenvalue weighted by Crippen LogP contribution is 2.29. The fourth-order valence-electron chi connectivity index (χ4n) is 3.98. The van der Waals surface area contributed by atoms with E-state index >= 15 is 0 Å². The summed E-state index contributed by atoms with van der Waals surface area (Å²) in [6.45, 7) is 2.18. The summed E-state index contributed by atoms with van der Waals surface area (Å²) in [5.74, 6) is 1.03. The van der Waals surface area contributed by atoms with Gasteiger partial charge in [0.25, 0.3) is 0 Å². The maximum atomic E-state index is 13.6. The lowest BCUT2D eigenvalue weighted by Crippen LogP contribution is -2.47. The number of nitrogens with zero attached hydrogens (tertiary/aromatic N) is 2. The van der Waals surface area contributed by atoms with Gasteiger partial charge in [-0.3, -0.25) is 4.79 Å². The van der Waals surface area contributed by atoms with Gasteiger partial charge in [0.1, 0.15) is 11.5 Å². The molecule has 8 heteroatoms. The van der Waals surface area contributed by atoms with Crippen molar-refractivity contribution in [3.8, 4) is 11.5 Å². The first-order chi connectivity index (χ1) is 15.4. The molecule has 1 saturated carbocycles. The zero-order valence-electron chi connectivity index (χ0n) is 19.0. The van der Waals surface area contributed by atoms with Crippen molar-refractivity contribution < 1.29 is 22.7 Å². The van der Waals surface area contributed by atoms with Gasteiger partial charge < -0.3 is 14.4 Å². The van der Waals surface area contributed by atoms with Crippen molar-refractivity contribution >= 4 is 21.6 Å². The highest BCUT2D eigenvalue weighted by atomic mass is 32.2. The van der Waals surface area contributed by atoms with Crippen LogP contribution in [0.4, 0.5) is 5.69 Å². The normalized spacial score (nSPS) is 14.9. The van der Waals surface area contributed by atoms with E-state index in [-0.39, 0.29) is 23.4 Å². The Morgan fingerprint density at radius 1 is 0.969 bits per heavy atom. The lowest BCUT2D eigenvalue weighted by Gasteiger charge is -2.34. The van der Waals surface area contributed by atoms with E-state index in [1.54, 1.807) is 62.7 Å². The van der Waals surface area contributed by atoms with E-state index in [4.69, 9.17) is 9.47 Å². The average Bonchev–Trinajstić information content (AvgIpc) is 2.83. The van der Waals surface area contributed by atoms with Crippen molar-refractivity contribution in [2.45, 2.75) is 50.0 Å². The molecule has 3 rings (SSSR count). The molecule has 0 spiro atoms. The predicted molar refractivity (Wildman–Crippen MR) is 125 cm³/mol. The smallest absolute Gasteiger partial charge is 0.243 e. The summed E-state index contributed by atoms with van der Waals surface area (Å²) in [5.41, 5.74) is 0.679. The molecule has 0 heterocycles. The van der Waals surface area contributed by atoms with Crippen LogP contribution in [0.5, 0.6) is 11.5 Å². The molecule has 2 aromatic carbocycles. The molecule has 1 fully saturated rings. The van der Waals surface area contributed by atoms with Crippen molar-refractivity contribution in [1.82, 2.24) is 4.31 Å². The number of ether oxygens (including phenoxy) is 2. The van der Waals surface area contributed by atoms with Crippen molar-refractivity contribution in [3.05, 3.63) is 48.5 Å². The lowest BCUT2D eigenvalue weighted by molar-refractivity contribution is -0.119. The Labute approximate surface area is 191 Å². The molecule has 1 aliphatic rings. The summed E-state index contributed by atoms with van der Waals surface area (Å²) in [6, 6.07) is 13.3. The van der Waals surface area contributed by atoms with Crippen LogP contribution in [-0.4, -0.2) is 52.0 Å². The summed E-state index contributed by atoms with van der Waals surface area (Å²) < 4.78 is 39.2. The van der Waals surface area contributed by atoms with Crippen LogP contribution in [0.2, 0.25) is 0 Å². The first-order valence-corrected chi connectivity index (χ1v) is 12.5. The Hall–Kier alpha value is -2.58. The second-order valence-corrected chi connectivity index (χ2v) is 9.79. The summed E-state index contributed by atoms with van der Waals surface area (Å²) in [5, 5.41) is 0. The van der Waals surface area contributed by atoms with Gasteiger partial charge >= 0.3 is 0 Å². The molecule has 1 amide bonds. The van der Waals surface area contributed by atoms with Crippen molar-refractivity contribution in [1.29, 1.82) is 0 Å². The third-order valence-electron chi connectivity index (χ3n) is 5.85. The summed E-state index contributed by atoms with van der Waals surface area (Å²) in [4.78, 5) is 14.8. The van der Waals surface area contributed by atoms with Gasteiger partial charge in [0.2, 0.25) is 15.9 Å². The maximum Gasteiger partial charge on any atom is 0.243 e. The minimum Gasteiger partial charge on any atom is -0.497 e. The van der Waals surface area contributed by atoms with Crippen LogP contribution in [0.3, 0.4) is 0 Å². The first-order valence-electron chi connectivity index (χ1n) is 11.0. The zero-order valence-corrected chi connectivity index (χ0v) is 19.8. The zero-order chi connectivity index (χ0) is 23.1. The molecule has 0 N–H and O–H groups in total. The lowest BCUT2D eigenvalue weighted by atomic mass is 9.95. The third-order valence-corrected chi connectivity index (χ3v) is 7.76. The minimum atomic E-state index is -3.84. The molecule has 7 nitrogen and oxygen atoms in total. The monoisotopic (exact) mass is 460 g/mol.